The van der Waals surface area contributed by atoms with Gasteiger partial charge in [-0.25, -0.2) is 5.84 Å². The number of carbonyl (C=O) groups excluding carboxylic acids is 1. The van der Waals surface area contributed by atoms with E-state index in [-0.39, 0.29) is 12.0 Å². The van der Waals surface area contributed by atoms with Crippen LogP contribution in [0.15, 0.2) is 24.3 Å². The van der Waals surface area contributed by atoms with Crippen LogP contribution in [0.3, 0.4) is 0 Å². The van der Waals surface area contributed by atoms with Crippen LogP contribution in [0.2, 0.25) is 0 Å². The van der Waals surface area contributed by atoms with Crippen LogP contribution in [0.25, 0.3) is 0 Å². The molecule has 19 heavy (non-hydrogen) atoms. The predicted octanol–water partition coefficient (Wildman–Crippen LogP) is 0.493. The van der Waals surface area contributed by atoms with Gasteiger partial charge in [0, 0.05) is 18.7 Å². The van der Waals surface area contributed by atoms with Crippen molar-refractivity contribution in [2.24, 2.45) is 11.8 Å². The van der Waals surface area contributed by atoms with Crippen molar-refractivity contribution in [3.05, 3.63) is 35.4 Å². The molecule has 5 heteroatoms. The van der Waals surface area contributed by atoms with Gasteiger partial charge < -0.3 is 5.11 Å². The van der Waals surface area contributed by atoms with Crippen LogP contribution in [0.4, 0.5) is 0 Å². The molecule has 1 aromatic carbocycles. The van der Waals surface area contributed by atoms with Crippen molar-refractivity contribution in [1.29, 1.82) is 0 Å². The topological polar surface area (TPSA) is 78.6 Å². The minimum Gasteiger partial charge on any atom is -0.392 e. The van der Waals surface area contributed by atoms with Crippen molar-refractivity contribution in [2.45, 2.75) is 26.0 Å². The van der Waals surface area contributed by atoms with Gasteiger partial charge in [0.15, 0.2) is 0 Å². The highest BCUT2D eigenvalue weighted by molar-refractivity contribution is 5.93. The molecule has 1 heterocycles. The fourth-order valence-corrected chi connectivity index (χ4v) is 2.41. The monoisotopic (exact) mass is 263 g/mol. The Kier molecular flexibility index (Phi) is 4.52. The summed E-state index contributed by atoms with van der Waals surface area (Å²) in [5, 5.41) is 9.88. The molecule has 2 atom stereocenters. The van der Waals surface area contributed by atoms with Crippen LogP contribution in [0.5, 0.6) is 0 Å². The van der Waals surface area contributed by atoms with Crippen LogP contribution >= 0.6 is 0 Å². The van der Waals surface area contributed by atoms with Gasteiger partial charge in [-0.05, 0) is 36.6 Å². The molecule has 1 aliphatic heterocycles. The largest absolute Gasteiger partial charge is 0.392 e. The Bertz CT molecular complexity index is 450. The summed E-state index contributed by atoms with van der Waals surface area (Å²) < 4.78 is 0. The fourth-order valence-electron chi connectivity index (χ4n) is 2.41. The van der Waals surface area contributed by atoms with Crippen LogP contribution < -0.4 is 11.3 Å². The summed E-state index contributed by atoms with van der Waals surface area (Å²) >= 11 is 0. The number of nitrogens with one attached hydrogen (secondary N) is 1. The summed E-state index contributed by atoms with van der Waals surface area (Å²) in [5.74, 6) is 5.21. The van der Waals surface area contributed by atoms with Gasteiger partial charge in [0.2, 0.25) is 0 Å². The predicted molar refractivity (Wildman–Crippen MR) is 73.2 cm³/mol. The molecular weight excluding hydrogens is 242 g/mol. The number of hydrogen-bond acceptors (Lipinski definition) is 4. The van der Waals surface area contributed by atoms with E-state index in [0.29, 0.717) is 18.0 Å². The van der Waals surface area contributed by atoms with Crippen molar-refractivity contribution < 1.29 is 9.90 Å². The first-order valence-electron chi connectivity index (χ1n) is 6.60. The van der Waals surface area contributed by atoms with E-state index < -0.39 is 0 Å². The molecule has 0 bridgehead atoms. The van der Waals surface area contributed by atoms with E-state index in [1.54, 1.807) is 6.07 Å². The first kappa shape index (κ1) is 14.0. The molecule has 4 N–H and O–H groups in total. The summed E-state index contributed by atoms with van der Waals surface area (Å²) in [6.07, 6.45) is 0.744. The Balaban J connectivity index is 2.01. The second-order valence-electron chi connectivity index (χ2n) is 5.24. The zero-order chi connectivity index (χ0) is 13.8. The van der Waals surface area contributed by atoms with Gasteiger partial charge in [0.1, 0.15) is 0 Å². The summed E-state index contributed by atoms with van der Waals surface area (Å²) in [5.41, 5.74) is 3.75. The number of β-amino-alcohol motifs (C(OH)–C–C–N with tert-alkyl or cyclic N) is 1. The van der Waals surface area contributed by atoms with E-state index in [1.165, 1.54) is 0 Å². The third kappa shape index (κ3) is 3.53. The summed E-state index contributed by atoms with van der Waals surface area (Å²) in [6.45, 7) is 4.49. The third-order valence-electron chi connectivity index (χ3n) is 3.73. The average Bonchev–Trinajstić information content (AvgIpc) is 2.42. The van der Waals surface area contributed by atoms with Crippen molar-refractivity contribution in [3.63, 3.8) is 0 Å². The van der Waals surface area contributed by atoms with E-state index in [1.807, 2.05) is 18.2 Å². The number of carbonyl (C=O) groups is 1. The lowest BCUT2D eigenvalue weighted by molar-refractivity contribution is 0.0259. The molecule has 1 aliphatic rings. The number of amides is 1. The van der Waals surface area contributed by atoms with E-state index in [9.17, 15) is 9.90 Å². The lowest BCUT2D eigenvalue weighted by Crippen LogP contribution is -2.42. The molecule has 5 nitrogen and oxygen atoms in total. The minimum atomic E-state index is -0.283. The molecule has 0 aliphatic carbocycles. The van der Waals surface area contributed by atoms with Crippen molar-refractivity contribution in [1.82, 2.24) is 10.3 Å². The summed E-state index contributed by atoms with van der Waals surface area (Å²) in [6, 6.07) is 7.41. The molecule has 0 aromatic heterocycles. The third-order valence-corrected chi connectivity index (χ3v) is 3.73. The Labute approximate surface area is 113 Å². The van der Waals surface area contributed by atoms with Crippen molar-refractivity contribution in [3.8, 4) is 0 Å². The van der Waals surface area contributed by atoms with Gasteiger partial charge >= 0.3 is 0 Å². The lowest BCUT2D eigenvalue weighted by Gasteiger charge is -2.34. The number of rotatable bonds is 3. The fraction of sp³-hybridized carbons (Fsp3) is 0.500. The van der Waals surface area contributed by atoms with E-state index in [4.69, 9.17) is 5.84 Å². The number of aliphatic hydroxyl groups excluding tert-OH is 1. The highest BCUT2D eigenvalue weighted by Crippen LogP contribution is 2.19. The van der Waals surface area contributed by atoms with Crippen molar-refractivity contribution in [2.75, 3.05) is 13.1 Å². The van der Waals surface area contributed by atoms with Crippen LogP contribution in [0.1, 0.15) is 29.3 Å². The number of likely N-dealkylation sites (tertiary alicyclic amines) is 1. The van der Waals surface area contributed by atoms with Crippen LogP contribution in [-0.2, 0) is 6.54 Å². The molecule has 0 saturated carbocycles. The maximum Gasteiger partial charge on any atom is 0.265 e. The first-order chi connectivity index (χ1) is 9.10. The SMILES string of the molecule is CC1CCN(Cc2cccc(C(=O)NN)c2)CC1O. The minimum absolute atomic E-state index is 0.260. The Morgan fingerprint density at radius 3 is 3.05 bits per heavy atom. The number of nitrogen functional groups attached to an aromatic ring is 1. The number of hydrazine groups is 1. The standard InChI is InChI=1S/C14H21N3O2/c1-10-5-6-17(9-13(10)18)8-11-3-2-4-12(7-11)14(19)16-15/h2-4,7,10,13,18H,5-6,8-9,15H2,1H3,(H,16,19). The van der Waals surface area contributed by atoms with Gasteiger partial charge in [0.25, 0.3) is 5.91 Å². The normalized spacial score (nSPS) is 24.2. The number of piperidine rings is 1. The number of nitrogens with zero attached hydrogens (tertiary/aromatic N) is 1. The quantitative estimate of drug-likeness (QED) is 0.421. The van der Waals surface area contributed by atoms with E-state index >= 15 is 0 Å². The molecule has 0 radical (unpaired) electrons. The molecule has 1 saturated heterocycles. The second-order valence-corrected chi connectivity index (χ2v) is 5.24. The second kappa shape index (κ2) is 6.14. The smallest absolute Gasteiger partial charge is 0.265 e. The van der Waals surface area contributed by atoms with Gasteiger partial charge in [0.05, 0.1) is 6.10 Å². The maximum atomic E-state index is 11.5. The summed E-state index contributed by atoms with van der Waals surface area (Å²) in [4.78, 5) is 13.7. The highest BCUT2D eigenvalue weighted by Gasteiger charge is 2.24. The van der Waals surface area contributed by atoms with Gasteiger partial charge in [-0.2, -0.15) is 0 Å². The lowest BCUT2D eigenvalue weighted by atomic mass is 9.95. The zero-order valence-corrected chi connectivity index (χ0v) is 11.2. The number of nitrogens with two attached hydrogens (primary N) is 1. The van der Waals surface area contributed by atoms with Crippen LogP contribution in [-0.4, -0.2) is 35.1 Å². The Hall–Kier alpha value is -1.43. The van der Waals surface area contributed by atoms with Gasteiger partial charge in [-0.3, -0.25) is 15.1 Å². The molecular formula is C14H21N3O2. The highest BCUT2D eigenvalue weighted by atomic mass is 16.3. The van der Waals surface area contributed by atoms with E-state index in [2.05, 4.69) is 17.2 Å². The van der Waals surface area contributed by atoms with E-state index in [0.717, 1.165) is 25.1 Å². The van der Waals surface area contributed by atoms with Gasteiger partial charge in [-0.15, -0.1) is 0 Å². The number of hydrogen-bond donors (Lipinski definition) is 3. The molecule has 104 valence electrons. The molecule has 2 rings (SSSR count). The average molecular weight is 263 g/mol. The summed E-state index contributed by atoms with van der Waals surface area (Å²) in [7, 11) is 0. The maximum absolute atomic E-state index is 11.5. The molecule has 0 spiro atoms. The van der Waals surface area contributed by atoms with Crippen LogP contribution in [0, 0.1) is 5.92 Å². The Morgan fingerprint density at radius 1 is 1.58 bits per heavy atom. The molecule has 1 fully saturated rings. The van der Waals surface area contributed by atoms with Crippen molar-refractivity contribution >= 4 is 5.91 Å². The zero-order valence-electron chi connectivity index (χ0n) is 11.2. The molecule has 1 aromatic rings. The first-order valence-corrected chi connectivity index (χ1v) is 6.60. The number of benzene rings is 1. The molecule has 1 amide bonds. The van der Waals surface area contributed by atoms with Gasteiger partial charge in [-0.1, -0.05) is 19.1 Å². The Morgan fingerprint density at radius 2 is 2.37 bits per heavy atom. The molecule has 2 unspecified atom stereocenters. The number of aliphatic hydroxyl groups is 1.